The van der Waals surface area contributed by atoms with Crippen LogP contribution in [-0.2, 0) is 6.42 Å². The number of nitrogens with zero attached hydrogens (tertiary/aromatic N) is 1. The zero-order valence-corrected chi connectivity index (χ0v) is 12.1. The summed E-state index contributed by atoms with van der Waals surface area (Å²) in [6, 6.07) is 6.34. The summed E-state index contributed by atoms with van der Waals surface area (Å²) in [5.41, 5.74) is 8.44. The zero-order chi connectivity index (χ0) is 13.1. The molecule has 0 aliphatic carbocycles. The Hall–Kier alpha value is -0.730. The van der Waals surface area contributed by atoms with Gasteiger partial charge in [0.05, 0.1) is 10.7 Å². The number of hydrogen-bond acceptors (Lipinski definition) is 2. The van der Waals surface area contributed by atoms with Crippen LogP contribution in [0.1, 0.15) is 32.3 Å². The molecule has 0 radical (unpaired) electrons. The maximum Gasteiger partial charge on any atom is 0.0642 e. The van der Waals surface area contributed by atoms with E-state index in [2.05, 4.69) is 17.9 Å². The van der Waals surface area contributed by atoms with E-state index in [9.17, 15) is 0 Å². The van der Waals surface area contributed by atoms with E-state index in [0.717, 1.165) is 30.5 Å². The van der Waals surface area contributed by atoms with E-state index in [1.54, 1.807) is 0 Å². The second kappa shape index (κ2) is 5.94. The number of halogens is 1. The summed E-state index contributed by atoms with van der Waals surface area (Å²) in [4.78, 5) is 2.44. The fourth-order valence-corrected chi connectivity index (χ4v) is 3.11. The van der Waals surface area contributed by atoms with Crippen molar-refractivity contribution >= 4 is 17.3 Å². The molecule has 1 saturated heterocycles. The SMILES string of the molecule is CCC1CCN(c2c(Cl)cccc2CC(C)N)C1. The van der Waals surface area contributed by atoms with E-state index < -0.39 is 0 Å². The summed E-state index contributed by atoms with van der Waals surface area (Å²) in [5.74, 6) is 0.810. The minimum Gasteiger partial charge on any atom is -0.370 e. The number of rotatable bonds is 4. The number of hydrogen-bond donors (Lipinski definition) is 1. The van der Waals surface area contributed by atoms with Crippen molar-refractivity contribution in [3.63, 3.8) is 0 Å². The number of anilines is 1. The van der Waals surface area contributed by atoms with Crippen LogP contribution in [0.25, 0.3) is 0 Å². The van der Waals surface area contributed by atoms with Gasteiger partial charge in [0.15, 0.2) is 0 Å². The van der Waals surface area contributed by atoms with Gasteiger partial charge in [-0.15, -0.1) is 0 Å². The third kappa shape index (κ3) is 2.99. The molecule has 2 rings (SSSR count). The lowest BCUT2D eigenvalue weighted by molar-refractivity contribution is 0.569. The number of nitrogens with two attached hydrogens (primary N) is 1. The van der Waals surface area contributed by atoms with E-state index in [0.29, 0.717) is 0 Å². The van der Waals surface area contributed by atoms with Crippen molar-refractivity contribution in [3.05, 3.63) is 28.8 Å². The van der Waals surface area contributed by atoms with E-state index in [1.165, 1.54) is 24.1 Å². The van der Waals surface area contributed by atoms with Crippen molar-refractivity contribution in [2.75, 3.05) is 18.0 Å². The Kier molecular flexibility index (Phi) is 4.52. The van der Waals surface area contributed by atoms with Gasteiger partial charge >= 0.3 is 0 Å². The topological polar surface area (TPSA) is 29.3 Å². The molecule has 100 valence electrons. The van der Waals surface area contributed by atoms with Gasteiger partial charge in [-0.1, -0.05) is 37.1 Å². The van der Waals surface area contributed by atoms with Crippen molar-refractivity contribution in [1.29, 1.82) is 0 Å². The Labute approximate surface area is 115 Å². The van der Waals surface area contributed by atoms with Crippen LogP contribution < -0.4 is 10.6 Å². The van der Waals surface area contributed by atoms with Gasteiger partial charge in [-0.05, 0) is 37.3 Å². The molecule has 0 aromatic heterocycles. The molecule has 0 saturated carbocycles. The molecule has 1 aromatic carbocycles. The molecule has 2 nitrogen and oxygen atoms in total. The van der Waals surface area contributed by atoms with Gasteiger partial charge in [0.2, 0.25) is 0 Å². The Balaban J connectivity index is 2.25. The largest absolute Gasteiger partial charge is 0.370 e. The molecule has 0 bridgehead atoms. The van der Waals surface area contributed by atoms with Gasteiger partial charge in [0.1, 0.15) is 0 Å². The zero-order valence-electron chi connectivity index (χ0n) is 11.3. The third-order valence-corrected chi connectivity index (χ3v) is 4.10. The van der Waals surface area contributed by atoms with Crippen LogP contribution in [0.2, 0.25) is 5.02 Å². The maximum absolute atomic E-state index is 6.40. The van der Waals surface area contributed by atoms with Crippen LogP contribution >= 0.6 is 11.6 Å². The molecule has 1 aliphatic rings. The van der Waals surface area contributed by atoms with Gasteiger partial charge in [0.25, 0.3) is 0 Å². The Morgan fingerprint density at radius 2 is 2.28 bits per heavy atom. The Bertz CT molecular complexity index is 403. The van der Waals surface area contributed by atoms with Gasteiger partial charge in [-0.3, -0.25) is 0 Å². The highest BCUT2D eigenvalue weighted by atomic mass is 35.5. The maximum atomic E-state index is 6.40. The highest BCUT2D eigenvalue weighted by molar-refractivity contribution is 6.33. The number of benzene rings is 1. The summed E-state index contributed by atoms with van der Waals surface area (Å²) >= 11 is 6.40. The minimum absolute atomic E-state index is 0.173. The summed E-state index contributed by atoms with van der Waals surface area (Å²) in [6.07, 6.45) is 3.42. The average Bonchev–Trinajstić information content (AvgIpc) is 2.76. The van der Waals surface area contributed by atoms with E-state index in [-0.39, 0.29) is 6.04 Å². The highest BCUT2D eigenvalue weighted by Crippen LogP contribution is 2.34. The molecule has 2 atom stereocenters. The molecule has 1 aliphatic heterocycles. The van der Waals surface area contributed by atoms with Crippen molar-refractivity contribution in [3.8, 4) is 0 Å². The molecular weight excluding hydrogens is 244 g/mol. The Morgan fingerprint density at radius 3 is 2.89 bits per heavy atom. The van der Waals surface area contributed by atoms with Crippen LogP contribution in [-0.4, -0.2) is 19.1 Å². The molecule has 2 N–H and O–H groups in total. The first-order valence-corrected chi connectivity index (χ1v) is 7.27. The van der Waals surface area contributed by atoms with Crippen molar-refractivity contribution in [2.45, 2.75) is 39.2 Å². The fourth-order valence-electron chi connectivity index (χ4n) is 2.79. The molecule has 1 fully saturated rings. The second-order valence-electron chi connectivity index (χ2n) is 5.44. The molecule has 0 spiro atoms. The summed E-state index contributed by atoms with van der Waals surface area (Å²) in [5, 5.41) is 0.866. The first kappa shape index (κ1) is 13.7. The van der Waals surface area contributed by atoms with Crippen LogP contribution in [0.3, 0.4) is 0 Å². The van der Waals surface area contributed by atoms with Gasteiger partial charge < -0.3 is 10.6 Å². The Morgan fingerprint density at radius 1 is 1.50 bits per heavy atom. The molecular formula is C15H23ClN2. The lowest BCUT2D eigenvalue weighted by Gasteiger charge is -2.24. The number of para-hydroxylation sites is 1. The second-order valence-corrected chi connectivity index (χ2v) is 5.85. The van der Waals surface area contributed by atoms with Crippen LogP contribution in [0.5, 0.6) is 0 Å². The lowest BCUT2D eigenvalue weighted by Crippen LogP contribution is -2.24. The standard InChI is InChI=1S/C15H23ClN2/c1-3-12-7-8-18(10-12)15-13(9-11(2)17)5-4-6-14(15)16/h4-6,11-12H,3,7-10,17H2,1-2H3. The summed E-state index contributed by atoms with van der Waals surface area (Å²) < 4.78 is 0. The predicted octanol–water partition coefficient (Wildman–Crippen LogP) is 3.47. The highest BCUT2D eigenvalue weighted by Gasteiger charge is 2.24. The summed E-state index contributed by atoms with van der Waals surface area (Å²) in [7, 11) is 0. The molecule has 18 heavy (non-hydrogen) atoms. The average molecular weight is 267 g/mol. The molecule has 2 unspecified atom stereocenters. The van der Waals surface area contributed by atoms with Crippen LogP contribution in [0, 0.1) is 5.92 Å². The fraction of sp³-hybridized carbons (Fsp3) is 0.600. The van der Waals surface area contributed by atoms with Crippen molar-refractivity contribution in [1.82, 2.24) is 0 Å². The monoisotopic (exact) mass is 266 g/mol. The van der Waals surface area contributed by atoms with Crippen molar-refractivity contribution < 1.29 is 0 Å². The van der Waals surface area contributed by atoms with Gasteiger partial charge in [0, 0.05) is 19.1 Å². The molecule has 3 heteroatoms. The molecule has 0 amide bonds. The van der Waals surface area contributed by atoms with Crippen LogP contribution in [0.15, 0.2) is 18.2 Å². The first-order chi connectivity index (χ1) is 8.61. The van der Waals surface area contributed by atoms with Crippen LogP contribution in [0.4, 0.5) is 5.69 Å². The van der Waals surface area contributed by atoms with Gasteiger partial charge in [-0.25, -0.2) is 0 Å². The predicted molar refractivity (Wildman–Crippen MR) is 79.4 cm³/mol. The van der Waals surface area contributed by atoms with Gasteiger partial charge in [-0.2, -0.15) is 0 Å². The van der Waals surface area contributed by atoms with E-state index in [1.807, 2.05) is 19.1 Å². The minimum atomic E-state index is 0.173. The quantitative estimate of drug-likeness (QED) is 0.904. The third-order valence-electron chi connectivity index (χ3n) is 3.79. The first-order valence-electron chi connectivity index (χ1n) is 6.89. The summed E-state index contributed by atoms with van der Waals surface area (Å²) in [6.45, 7) is 6.56. The van der Waals surface area contributed by atoms with Crippen molar-refractivity contribution in [2.24, 2.45) is 11.7 Å². The smallest absolute Gasteiger partial charge is 0.0642 e. The molecule has 1 heterocycles. The van der Waals surface area contributed by atoms with E-state index in [4.69, 9.17) is 17.3 Å². The lowest BCUT2D eigenvalue weighted by atomic mass is 10.0. The van der Waals surface area contributed by atoms with E-state index >= 15 is 0 Å². The molecule has 1 aromatic rings. The normalized spacial score (nSPS) is 21.3.